The third kappa shape index (κ3) is 5.11. The first-order chi connectivity index (χ1) is 17.5. The molecule has 0 amide bonds. The minimum Gasteiger partial charge on any atom is -0.351 e. The van der Waals surface area contributed by atoms with Crippen LogP contribution in [0.25, 0.3) is 28.0 Å². The Balaban J connectivity index is 1.45. The molecule has 37 heavy (non-hydrogen) atoms. The number of nitrogens with zero attached hydrogens (tertiary/aromatic N) is 6. The van der Waals surface area contributed by atoms with Crippen LogP contribution in [0.4, 0.5) is 23.5 Å². The maximum atomic E-state index is 15.1. The van der Waals surface area contributed by atoms with Crippen LogP contribution in [0, 0.1) is 5.82 Å². The van der Waals surface area contributed by atoms with Crippen molar-refractivity contribution in [3.63, 3.8) is 0 Å². The molecule has 1 aliphatic rings. The third-order valence-corrected chi connectivity index (χ3v) is 7.45. The summed E-state index contributed by atoms with van der Waals surface area (Å²) in [6.45, 7) is 0.557. The molecular formula is C23H21F4N7O2S. The summed E-state index contributed by atoms with van der Waals surface area (Å²) in [6, 6.07) is 6.30. The average molecular weight is 536 g/mol. The molecule has 9 nitrogen and oxygen atoms in total. The standard InChI is InChI=1S/C23H21F4N7O2S/c1-37(35,36)34-9-6-15(7-10-34)31-22-29-11-16(23(25,26)27)21(32-22)17-12-33(13-30-17)18-5-4-14-3-2-8-28-20(14)19(18)24/h2-5,8,11-13,15H,6-7,9-10H2,1H3,(H,29,31,32). The van der Waals surface area contributed by atoms with Crippen LogP contribution in [0.3, 0.4) is 0 Å². The van der Waals surface area contributed by atoms with Gasteiger partial charge in [-0.3, -0.25) is 4.98 Å². The van der Waals surface area contributed by atoms with Gasteiger partial charge in [0.2, 0.25) is 16.0 Å². The van der Waals surface area contributed by atoms with Gasteiger partial charge in [-0.05, 0) is 25.0 Å². The molecule has 5 rings (SSSR count). The molecule has 1 aliphatic heterocycles. The molecule has 4 heterocycles. The number of sulfonamides is 1. The Morgan fingerprint density at radius 3 is 2.54 bits per heavy atom. The van der Waals surface area contributed by atoms with E-state index in [1.807, 2.05) is 0 Å². The lowest BCUT2D eigenvalue weighted by Crippen LogP contribution is -2.42. The van der Waals surface area contributed by atoms with E-state index in [4.69, 9.17) is 0 Å². The molecule has 1 saturated heterocycles. The Kier molecular flexibility index (Phi) is 6.31. The molecule has 194 valence electrons. The summed E-state index contributed by atoms with van der Waals surface area (Å²) >= 11 is 0. The maximum absolute atomic E-state index is 15.1. The monoisotopic (exact) mass is 535 g/mol. The second kappa shape index (κ2) is 9.34. The highest BCUT2D eigenvalue weighted by Gasteiger charge is 2.36. The van der Waals surface area contributed by atoms with Crippen LogP contribution in [-0.2, 0) is 16.2 Å². The zero-order valence-electron chi connectivity index (χ0n) is 19.4. The predicted molar refractivity (Wildman–Crippen MR) is 128 cm³/mol. The Hall–Kier alpha value is -3.65. The molecule has 0 saturated carbocycles. The number of imidazole rings is 1. The number of aromatic nitrogens is 5. The van der Waals surface area contributed by atoms with Gasteiger partial charge in [-0.1, -0.05) is 12.1 Å². The second-order valence-electron chi connectivity index (χ2n) is 8.67. The average Bonchev–Trinajstić information content (AvgIpc) is 3.33. The molecule has 0 spiro atoms. The van der Waals surface area contributed by atoms with Gasteiger partial charge in [-0.2, -0.15) is 13.2 Å². The molecule has 4 aromatic rings. The molecule has 0 unspecified atom stereocenters. The first kappa shape index (κ1) is 25.0. The molecule has 0 bridgehead atoms. The molecule has 1 aromatic carbocycles. The largest absolute Gasteiger partial charge is 0.420 e. The minimum absolute atomic E-state index is 0.0450. The molecule has 0 atom stereocenters. The third-order valence-electron chi connectivity index (χ3n) is 6.15. The summed E-state index contributed by atoms with van der Waals surface area (Å²) in [7, 11) is -3.31. The van der Waals surface area contributed by atoms with Gasteiger partial charge >= 0.3 is 6.18 Å². The second-order valence-corrected chi connectivity index (χ2v) is 10.7. The van der Waals surface area contributed by atoms with E-state index < -0.39 is 33.3 Å². The van der Waals surface area contributed by atoms with E-state index in [1.165, 1.54) is 33.7 Å². The first-order valence-corrected chi connectivity index (χ1v) is 13.1. The molecule has 1 N–H and O–H groups in total. The number of halogens is 4. The number of rotatable bonds is 5. The number of pyridine rings is 1. The van der Waals surface area contributed by atoms with Crippen LogP contribution in [0.5, 0.6) is 0 Å². The number of alkyl halides is 3. The lowest BCUT2D eigenvalue weighted by atomic mass is 10.1. The van der Waals surface area contributed by atoms with Gasteiger partial charge < -0.3 is 9.88 Å². The zero-order chi connectivity index (χ0) is 26.4. The molecule has 1 fully saturated rings. The zero-order valence-corrected chi connectivity index (χ0v) is 20.3. The van der Waals surface area contributed by atoms with Gasteiger partial charge in [0.15, 0.2) is 5.82 Å². The number of hydrogen-bond acceptors (Lipinski definition) is 7. The SMILES string of the molecule is CS(=O)(=O)N1CCC(Nc2ncc(C(F)(F)F)c(-c3cn(-c4ccc5cccnc5c4F)cn3)n2)CC1. The van der Waals surface area contributed by atoms with Crippen LogP contribution in [0.2, 0.25) is 0 Å². The van der Waals surface area contributed by atoms with Crippen molar-refractivity contribution >= 4 is 26.9 Å². The fourth-order valence-corrected chi connectivity index (χ4v) is 5.12. The lowest BCUT2D eigenvalue weighted by molar-refractivity contribution is -0.137. The molecule has 0 aliphatic carbocycles. The molecule has 3 aromatic heterocycles. The highest BCUT2D eigenvalue weighted by Crippen LogP contribution is 2.36. The Labute approximate surface area is 209 Å². The van der Waals surface area contributed by atoms with Crippen molar-refractivity contribution < 1.29 is 26.0 Å². The van der Waals surface area contributed by atoms with E-state index in [-0.39, 0.29) is 42.0 Å². The van der Waals surface area contributed by atoms with E-state index in [2.05, 4.69) is 25.3 Å². The molecular weight excluding hydrogens is 514 g/mol. The smallest absolute Gasteiger partial charge is 0.351 e. The normalized spacial score (nSPS) is 15.8. The van der Waals surface area contributed by atoms with Gasteiger partial charge in [0, 0.05) is 43.1 Å². The van der Waals surface area contributed by atoms with Gasteiger partial charge in [0.05, 0.1) is 11.9 Å². The predicted octanol–water partition coefficient (Wildman–Crippen LogP) is 3.87. The molecule has 0 radical (unpaired) electrons. The number of nitrogens with one attached hydrogen (secondary N) is 1. The van der Waals surface area contributed by atoms with E-state index in [1.54, 1.807) is 18.2 Å². The van der Waals surface area contributed by atoms with Gasteiger partial charge in [0.25, 0.3) is 0 Å². The van der Waals surface area contributed by atoms with Gasteiger partial charge in [-0.15, -0.1) is 0 Å². The summed E-state index contributed by atoms with van der Waals surface area (Å²) in [6.07, 6.45) is 1.85. The summed E-state index contributed by atoms with van der Waals surface area (Å²) < 4.78 is 82.5. The first-order valence-electron chi connectivity index (χ1n) is 11.2. The lowest BCUT2D eigenvalue weighted by Gasteiger charge is -2.30. The van der Waals surface area contributed by atoms with Crippen LogP contribution < -0.4 is 5.32 Å². The summed E-state index contributed by atoms with van der Waals surface area (Å²) in [5.41, 5.74) is -1.47. The summed E-state index contributed by atoms with van der Waals surface area (Å²) in [5.74, 6) is -0.681. The van der Waals surface area contributed by atoms with Crippen molar-refractivity contribution in [3.8, 4) is 17.1 Å². The Bertz CT molecular complexity index is 1570. The van der Waals surface area contributed by atoms with E-state index in [0.717, 1.165) is 6.26 Å². The number of piperidine rings is 1. The summed E-state index contributed by atoms with van der Waals surface area (Å²) in [5, 5.41) is 3.58. The number of hydrogen-bond donors (Lipinski definition) is 1. The highest BCUT2D eigenvalue weighted by atomic mass is 32.2. The molecule has 14 heteroatoms. The van der Waals surface area contributed by atoms with Crippen molar-refractivity contribution in [1.82, 2.24) is 28.8 Å². The van der Waals surface area contributed by atoms with E-state index in [9.17, 15) is 21.6 Å². The minimum atomic E-state index is -4.75. The Morgan fingerprint density at radius 2 is 1.84 bits per heavy atom. The van der Waals surface area contributed by atoms with Crippen LogP contribution in [-0.4, -0.2) is 62.6 Å². The van der Waals surface area contributed by atoms with Crippen molar-refractivity contribution in [2.75, 3.05) is 24.7 Å². The highest BCUT2D eigenvalue weighted by molar-refractivity contribution is 7.88. The quantitative estimate of drug-likeness (QED) is 0.387. The number of benzene rings is 1. The number of fused-ring (bicyclic) bond motifs is 1. The fraction of sp³-hybridized carbons (Fsp3) is 0.304. The van der Waals surface area contributed by atoms with Crippen molar-refractivity contribution in [3.05, 3.63) is 60.6 Å². The maximum Gasteiger partial charge on any atom is 0.420 e. The number of anilines is 1. The van der Waals surface area contributed by atoms with Crippen LogP contribution in [0.15, 0.2) is 49.2 Å². The van der Waals surface area contributed by atoms with Crippen LogP contribution >= 0.6 is 0 Å². The Morgan fingerprint density at radius 1 is 1.08 bits per heavy atom. The fourth-order valence-electron chi connectivity index (χ4n) is 4.24. The van der Waals surface area contributed by atoms with Crippen molar-refractivity contribution in [2.24, 2.45) is 0 Å². The van der Waals surface area contributed by atoms with Gasteiger partial charge in [-0.25, -0.2) is 32.1 Å². The van der Waals surface area contributed by atoms with Gasteiger partial charge in [0.1, 0.15) is 28.8 Å². The summed E-state index contributed by atoms with van der Waals surface area (Å²) in [4.78, 5) is 16.0. The van der Waals surface area contributed by atoms with Crippen molar-refractivity contribution in [2.45, 2.75) is 25.1 Å². The van der Waals surface area contributed by atoms with Crippen molar-refractivity contribution in [1.29, 1.82) is 0 Å². The van der Waals surface area contributed by atoms with E-state index in [0.29, 0.717) is 24.4 Å². The van der Waals surface area contributed by atoms with E-state index >= 15 is 4.39 Å². The topological polar surface area (TPSA) is 106 Å². The van der Waals surface area contributed by atoms with Crippen LogP contribution in [0.1, 0.15) is 18.4 Å².